The number of rotatable bonds is 11. The predicted octanol–water partition coefficient (Wildman–Crippen LogP) is -7.48. The standard InChI is InChI=1S/C7H17NO5.C6H8O7.3H3N/c1-8-2-4(10)6(12)7(13)5(11)3-9;7-3(8)1-6(13,5(11)12)2-4(9)10;;;/h4-13H,2-3H2,1H3;13H,1-2H2,(H,7,8)(H,9,10)(H,11,12);3*1H3/t4-,5+,6+,7+;;;;/m0..../s1. The van der Waals surface area contributed by atoms with Crippen LogP contribution in [0.3, 0.4) is 0 Å². The van der Waals surface area contributed by atoms with E-state index in [1.165, 1.54) is 0 Å². The minimum atomic E-state index is -2.97. The molecule has 16 nitrogen and oxygen atoms in total. The summed E-state index contributed by atoms with van der Waals surface area (Å²) in [5.41, 5.74) is -2.97. The second-order valence-corrected chi connectivity index (χ2v) is 5.27. The number of quaternary nitrogens is 3. The van der Waals surface area contributed by atoms with E-state index in [1.807, 2.05) is 0 Å². The van der Waals surface area contributed by atoms with E-state index in [9.17, 15) is 34.8 Å². The number of aliphatic hydroxyl groups is 6. The molecule has 0 aromatic heterocycles. The lowest BCUT2D eigenvalue weighted by Crippen LogP contribution is -2.54. The quantitative estimate of drug-likeness (QED) is 0.143. The van der Waals surface area contributed by atoms with Gasteiger partial charge in [0.25, 0.3) is 0 Å². The summed E-state index contributed by atoms with van der Waals surface area (Å²) >= 11 is 0. The van der Waals surface area contributed by atoms with Gasteiger partial charge in [0, 0.05) is 31.3 Å². The molecule has 178 valence electrons. The average Bonchev–Trinajstić information content (AvgIpc) is 2.51. The molecule has 0 saturated carbocycles. The van der Waals surface area contributed by atoms with Gasteiger partial charge in [-0.15, -0.1) is 0 Å². The van der Waals surface area contributed by atoms with Crippen molar-refractivity contribution in [2.24, 2.45) is 0 Å². The molecule has 0 fully saturated rings. The van der Waals surface area contributed by atoms with Crippen LogP contribution in [0.5, 0.6) is 0 Å². The van der Waals surface area contributed by atoms with Gasteiger partial charge in [-0.05, 0) is 7.05 Å². The molecule has 0 aromatic rings. The fourth-order valence-electron chi connectivity index (χ4n) is 1.58. The Kier molecular flexibility index (Phi) is 23.5. The van der Waals surface area contributed by atoms with Crippen molar-refractivity contribution < 1.29 is 60.3 Å². The van der Waals surface area contributed by atoms with Gasteiger partial charge in [0.05, 0.1) is 18.7 Å². The maximum Gasteiger partial charge on any atom is 0.114 e. The molecule has 29 heavy (non-hydrogen) atoms. The van der Waals surface area contributed by atoms with Gasteiger partial charge in [0.15, 0.2) is 0 Å². The third-order valence-electron chi connectivity index (χ3n) is 2.99. The molecule has 0 radical (unpaired) electrons. The molecule has 0 aliphatic carbocycles. The van der Waals surface area contributed by atoms with Crippen molar-refractivity contribution >= 4 is 17.9 Å². The Bertz CT molecular complexity index is 451. The van der Waals surface area contributed by atoms with E-state index in [-0.39, 0.29) is 25.0 Å². The van der Waals surface area contributed by atoms with Crippen molar-refractivity contribution in [2.45, 2.75) is 42.9 Å². The topological polar surface area (TPSA) is 363 Å². The van der Waals surface area contributed by atoms with Crippen LogP contribution in [0.1, 0.15) is 12.8 Å². The highest BCUT2D eigenvalue weighted by atomic mass is 16.4. The van der Waals surface area contributed by atoms with E-state index in [0.29, 0.717) is 0 Å². The van der Waals surface area contributed by atoms with Crippen molar-refractivity contribution in [3.8, 4) is 0 Å². The summed E-state index contributed by atoms with van der Waals surface area (Å²) in [5.74, 6) is -5.98. The van der Waals surface area contributed by atoms with Gasteiger partial charge in [-0.2, -0.15) is 0 Å². The lowest BCUT2D eigenvalue weighted by Gasteiger charge is -2.29. The van der Waals surface area contributed by atoms with Gasteiger partial charge < -0.3 is 84.1 Å². The average molecular weight is 438 g/mol. The van der Waals surface area contributed by atoms with Crippen LogP contribution >= 0.6 is 0 Å². The second-order valence-electron chi connectivity index (χ2n) is 5.27. The molecule has 0 spiro atoms. The summed E-state index contributed by atoms with van der Waals surface area (Å²) in [6, 6.07) is 0. The zero-order valence-corrected chi connectivity index (χ0v) is 16.8. The molecule has 0 amide bonds. The normalized spacial score (nSPS) is 14.2. The fourth-order valence-corrected chi connectivity index (χ4v) is 1.58. The van der Waals surface area contributed by atoms with Crippen molar-refractivity contribution in [1.29, 1.82) is 0 Å². The van der Waals surface area contributed by atoms with Gasteiger partial charge in [-0.3, -0.25) is 0 Å². The van der Waals surface area contributed by atoms with Gasteiger partial charge >= 0.3 is 0 Å². The monoisotopic (exact) mass is 438 g/mol. The summed E-state index contributed by atoms with van der Waals surface area (Å²) in [4.78, 5) is 30.0. The lowest BCUT2D eigenvalue weighted by molar-refractivity contribution is -0.339. The molecule has 0 saturated heterocycles. The minimum absolute atomic E-state index is 0. The highest BCUT2D eigenvalue weighted by Gasteiger charge is 2.30. The van der Waals surface area contributed by atoms with Crippen LogP contribution in [-0.2, 0) is 14.4 Å². The maximum absolute atomic E-state index is 10.1. The molecular formula is C13H34N4O12. The number of carbonyl (C=O) groups excluding carboxylic acids is 3. The van der Waals surface area contributed by atoms with Gasteiger partial charge in [-0.25, -0.2) is 0 Å². The van der Waals surface area contributed by atoms with Crippen molar-refractivity contribution in [2.75, 3.05) is 20.2 Å². The smallest absolute Gasteiger partial charge is 0.114 e. The zero-order valence-electron chi connectivity index (χ0n) is 16.8. The van der Waals surface area contributed by atoms with E-state index in [0.717, 1.165) is 0 Å². The van der Waals surface area contributed by atoms with Crippen LogP contribution in [0.15, 0.2) is 0 Å². The van der Waals surface area contributed by atoms with Crippen LogP contribution in [0.4, 0.5) is 0 Å². The van der Waals surface area contributed by atoms with E-state index < -0.39 is 67.4 Å². The van der Waals surface area contributed by atoms with Gasteiger partial charge in [0.1, 0.15) is 23.9 Å². The summed E-state index contributed by atoms with van der Waals surface area (Å²) < 4.78 is 0. The molecule has 0 bridgehead atoms. The first-order valence-corrected chi connectivity index (χ1v) is 7.13. The van der Waals surface area contributed by atoms with E-state index in [4.69, 9.17) is 25.5 Å². The maximum atomic E-state index is 10.1. The molecule has 0 unspecified atom stereocenters. The predicted molar refractivity (Wildman–Crippen MR) is 92.2 cm³/mol. The molecule has 4 atom stereocenters. The number of carboxylic acid groups (broad SMARTS) is 3. The largest absolute Gasteiger partial charge is 0.550 e. The summed E-state index contributed by atoms with van der Waals surface area (Å²) in [6.07, 6.45) is -8.36. The number of carbonyl (C=O) groups is 3. The molecule has 19 N–H and O–H groups in total. The van der Waals surface area contributed by atoms with Gasteiger partial charge in [0.2, 0.25) is 0 Å². The summed E-state index contributed by atoms with van der Waals surface area (Å²) in [7, 11) is 1.57. The number of aliphatic carboxylic acids is 3. The van der Waals surface area contributed by atoms with Crippen molar-refractivity contribution in [1.82, 2.24) is 23.8 Å². The Morgan fingerprint density at radius 1 is 0.862 bits per heavy atom. The highest BCUT2D eigenvalue weighted by molar-refractivity contribution is 5.86. The van der Waals surface area contributed by atoms with Gasteiger partial charge in [-0.1, -0.05) is 0 Å². The van der Waals surface area contributed by atoms with E-state index >= 15 is 0 Å². The summed E-state index contributed by atoms with van der Waals surface area (Å²) in [5, 5.41) is 86.4. The molecule has 0 aromatic carbocycles. The first kappa shape index (κ1) is 37.7. The number of hydrogen-bond acceptors (Lipinski definition) is 13. The molecule has 0 aliphatic rings. The van der Waals surface area contributed by atoms with Crippen LogP contribution in [0.2, 0.25) is 0 Å². The van der Waals surface area contributed by atoms with Crippen LogP contribution < -0.4 is 39.1 Å². The Balaban J connectivity index is -0.000000120. The molecule has 0 heterocycles. The van der Waals surface area contributed by atoms with E-state index in [1.54, 1.807) is 7.05 Å². The molecule has 0 aliphatic heterocycles. The number of hydrogen-bond donors (Lipinski definition) is 10. The Morgan fingerprint density at radius 3 is 1.45 bits per heavy atom. The second kappa shape index (κ2) is 18.1. The Labute approximate surface area is 166 Å². The number of aliphatic hydroxyl groups excluding tert-OH is 5. The van der Waals surface area contributed by atoms with Crippen molar-refractivity contribution in [3.63, 3.8) is 0 Å². The SMILES string of the molecule is CNC[C@H](O)[C@@H](O)[C@H](O)[C@H](O)CO.O=C([O-])CC(O)(CC(=O)[O-])C(=O)[O-].[NH4+].[NH4+].[NH4+]. The number of likely N-dealkylation sites (N-methyl/N-ethyl adjacent to an activating group) is 1. The fraction of sp³-hybridized carbons (Fsp3) is 0.769. The van der Waals surface area contributed by atoms with Crippen LogP contribution in [-0.4, -0.2) is 98.8 Å². The van der Waals surface area contributed by atoms with Crippen LogP contribution in [0.25, 0.3) is 0 Å². The minimum Gasteiger partial charge on any atom is -0.550 e. The van der Waals surface area contributed by atoms with Crippen molar-refractivity contribution in [3.05, 3.63) is 0 Å². The molecule has 16 heteroatoms. The summed E-state index contributed by atoms with van der Waals surface area (Å²) in [6.45, 7) is -0.569. The Morgan fingerprint density at radius 2 is 1.21 bits per heavy atom. The lowest BCUT2D eigenvalue weighted by atomic mass is 9.96. The molecular weight excluding hydrogens is 404 g/mol. The highest BCUT2D eigenvalue weighted by Crippen LogP contribution is 2.13. The van der Waals surface area contributed by atoms with E-state index in [2.05, 4.69) is 5.32 Å². The van der Waals surface area contributed by atoms with Crippen LogP contribution in [0, 0.1) is 0 Å². The molecule has 0 rings (SSSR count). The third-order valence-corrected chi connectivity index (χ3v) is 2.99. The zero-order chi connectivity index (χ0) is 21.1. The number of nitrogens with one attached hydrogen (secondary N) is 1. The third kappa shape index (κ3) is 15.6. The Hall–Kier alpha value is -1.99. The number of carboxylic acids is 3. The first-order valence-electron chi connectivity index (χ1n) is 7.13. The first-order chi connectivity index (χ1) is 11.8.